The van der Waals surface area contributed by atoms with Gasteiger partial charge in [0.05, 0.1) is 33.7 Å². The first kappa shape index (κ1) is 69.0. The summed E-state index contributed by atoms with van der Waals surface area (Å²) in [6.45, 7) is 14.0. The number of rotatable bonds is 28. The largest absolute Gasteiger partial charge is 0.351 e. The van der Waals surface area contributed by atoms with Crippen LogP contribution >= 0.6 is 22.7 Å². The summed E-state index contributed by atoms with van der Waals surface area (Å²) in [7, 11) is -18.4. The summed E-state index contributed by atoms with van der Waals surface area (Å²) in [6.07, 6.45) is 7.79. The number of pyridine rings is 2. The normalized spacial score (nSPS) is 17.4. The fourth-order valence-corrected chi connectivity index (χ4v) is 16.1. The summed E-state index contributed by atoms with van der Waals surface area (Å²) in [5, 5.41) is 13.7. The molecule has 24 nitrogen and oxygen atoms in total. The van der Waals surface area contributed by atoms with Gasteiger partial charge in [-0.3, -0.25) is 37.4 Å². The molecule has 0 saturated carbocycles. The quantitative estimate of drug-likeness (QED) is 0.0168. The van der Waals surface area contributed by atoms with E-state index in [1.54, 1.807) is 32.0 Å². The van der Waals surface area contributed by atoms with Crippen molar-refractivity contribution >= 4 is 124 Å². The Balaban J connectivity index is 1.38. The van der Waals surface area contributed by atoms with Gasteiger partial charge in [-0.05, 0) is 136 Å². The third-order valence-electron chi connectivity index (χ3n) is 15.8. The van der Waals surface area contributed by atoms with Gasteiger partial charge in [0.15, 0.2) is 5.71 Å². The number of nitrogens with one attached hydrogen (secondary N) is 4. The summed E-state index contributed by atoms with van der Waals surface area (Å²) >= 11 is 2.15. The molecule has 4 amide bonds. The van der Waals surface area contributed by atoms with E-state index in [9.17, 15) is 71.1 Å². The lowest BCUT2D eigenvalue weighted by atomic mass is 9.74. The van der Waals surface area contributed by atoms with Crippen molar-refractivity contribution in [3.63, 3.8) is 0 Å². The fourth-order valence-electron chi connectivity index (χ4n) is 11.9. The van der Waals surface area contributed by atoms with Gasteiger partial charge < -0.3 is 26.2 Å². The predicted molar refractivity (Wildman–Crippen MR) is 348 cm³/mol. The molecule has 0 radical (unpaired) electrons. The van der Waals surface area contributed by atoms with Gasteiger partial charge in [0.25, 0.3) is 54.0 Å². The summed E-state index contributed by atoms with van der Waals surface area (Å²) in [6, 6.07) is 13.0. The fraction of sp³-hybridized carbons (Fsp3) is 0.417. The van der Waals surface area contributed by atoms with E-state index in [1.165, 1.54) is 29.5 Å². The molecule has 2 aliphatic rings. The molecule has 0 aliphatic carbocycles. The van der Waals surface area contributed by atoms with E-state index in [1.807, 2.05) is 72.9 Å². The number of allylic oxidation sites excluding steroid dienone is 4. The van der Waals surface area contributed by atoms with Gasteiger partial charge in [-0.2, -0.15) is 38.2 Å². The van der Waals surface area contributed by atoms with Crippen molar-refractivity contribution in [2.45, 2.75) is 108 Å². The lowest BCUT2D eigenvalue weighted by Crippen LogP contribution is -2.32. The molecular weight excluding hydrogens is 1280 g/mol. The Hall–Kier alpha value is -6.87. The van der Waals surface area contributed by atoms with Crippen molar-refractivity contribution in [3.05, 3.63) is 112 Å². The van der Waals surface area contributed by atoms with E-state index in [0.29, 0.717) is 90.1 Å². The highest BCUT2D eigenvalue weighted by Gasteiger charge is 2.50. The van der Waals surface area contributed by atoms with E-state index >= 15 is 0 Å². The van der Waals surface area contributed by atoms with Crippen LogP contribution in [0.4, 0.5) is 11.4 Å². The summed E-state index contributed by atoms with van der Waals surface area (Å²) in [5.74, 6) is -4.59. The molecule has 8 N–H and O–H groups in total. The Morgan fingerprint density at radius 1 is 0.611 bits per heavy atom. The average molecular weight is 1350 g/mol. The van der Waals surface area contributed by atoms with Crippen molar-refractivity contribution in [2.24, 2.45) is 0 Å². The molecule has 484 valence electrons. The van der Waals surface area contributed by atoms with Gasteiger partial charge in [0.2, 0.25) is 5.69 Å². The molecule has 8 rings (SSSR count). The molecule has 90 heavy (non-hydrogen) atoms. The van der Waals surface area contributed by atoms with Gasteiger partial charge in [-0.15, -0.1) is 22.7 Å². The highest BCUT2D eigenvalue weighted by atomic mass is 32.3. The van der Waals surface area contributed by atoms with Crippen LogP contribution in [-0.2, 0) is 51.3 Å². The first-order chi connectivity index (χ1) is 42.3. The minimum absolute atomic E-state index is 0.000971. The molecule has 6 heterocycles. The van der Waals surface area contributed by atoms with Gasteiger partial charge in [-0.1, -0.05) is 33.3 Å². The van der Waals surface area contributed by atoms with Crippen molar-refractivity contribution in [1.29, 1.82) is 0 Å². The van der Waals surface area contributed by atoms with Gasteiger partial charge in [0.1, 0.15) is 33.5 Å². The molecule has 30 heteroatoms. The standard InChI is InChI=1S/C60H72N8O16S6/c1-8-19-59(6)42-33-39(36-29-44(55(69)61-11-4)65-45(30-36)56(70)62-12-5)53-38(18-25-85-53)51(42)68(24-15-27-88(76,77)78)48(59)16-13-17-49-60(7,20-14-26-87(73,74)75)43-34-40(54-41(52(43)67(49)23-10-3)35-50(86-54)90(82,83)84)37-31-46(57(71)63-21-9-2)66-47(32-37)58(72)64-22-28-89(79,80)81/h13,16-18,25,29-35H,8-12,14-15,19-24,26-28H2,1-7H3,(H7-,61,62,63,64,69,70,71,72,73,74,75,76,77,78,79,80,81,82,83,84)/p+1. The Kier molecular flexibility index (Phi) is 21.1. The van der Waals surface area contributed by atoms with Crippen LogP contribution < -0.4 is 26.2 Å². The Labute approximate surface area is 531 Å². The Bertz CT molecular complexity index is 4390. The Morgan fingerprint density at radius 3 is 1.67 bits per heavy atom. The second-order valence-corrected chi connectivity index (χ2v) is 30.7. The van der Waals surface area contributed by atoms with Crippen LogP contribution in [0.15, 0.2) is 82.0 Å². The maximum absolute atomic E-state index is 13.8. The van der Waals surface area contributed by atoms with Crippen LogP contribution in [0.25, 0.3) is 42.4 Å². The second kappa shape index (κ2) is 27.5. The van der Waals surface area contributed by atoms with Crippen LogP contribution in [0.5, 0.6) is 0 Å². The molecule has 2 aromatic carbocycles. The molecule has 0 bridgehead atoms. The van der Waals surface area contributed by atoms with E-state index in [-0.39, 0.29) is 71.0 Å². The number of benzene rings is 2. The van der Waals surface area contributed by atoms with Crippen LogP contribution in [0.3, 0.4) is 0 Å². The minimum atomic E-state index is -4.91. The van der Waals surface area contributed by atoms with Crippen LogP contribution in [0.1, 0.15) is 146 Å². The number of hydrogen-bond acceptors (Lipinski definition) is 17. The third-order valence-corrected chi connectivity index (χ3v) is 21.5. The summed E-state index contributed by atoms with van der Waals surface area (Å²) in [5.41, 5.74) is 3.07. The van der Waals surface area contributed by atoms with Crippen LogP contribution in [0, 0.1) is 0 Å². The highest BCUT2D eigenvalue weighted by molar-refractivity contribution is 7.88. The number of amides is 4. The maximum Gasteiger partial charge on any atom is 0.304 e. The highest BCUT2D eigenvalue weighted by Crippen LogP contribution is 2.57. The van der Waals surface area contributed by atoms with Gasteiger partial charge in [-0.25, -0.2) is 9.97 Å². The van der Waals surface area contributed by atoms with Crippen molar-refractivity contribution in [2.75, 3.05) is 61.4 Å². The number of hydrogen-bond donors (Lipinski definition) is 8. The number of anilines is 1. The smallest absolute Gasteiger partial charge is 0.304 e. The molecule has 2 aliphatic heterocycles. The minimum Gasteiger partial charge on any atom is -0.351 e. The molecule has 0 saturated heterocycles. The van der Waals surface area contributed by atoms with Crippen molar-refractivity contribution in [1.82, 2.24) is 31.2 Å². The molecule has 2 atom stereocenters. The number of thiophene rings is 2. The maximum atomic E-state index is 13.8. The first-order valence-corrected chi connectivity index (χ1v) is 37.2. The molecule has 0 fully saturated rings. The van der Waals surface area contributed by atoms with Crippen LogP contribution in [0.2, 0.25) is 0 Å². The van der Waals surface area contributed by atoms with E-state index < -0.39 is 103 Å². The number of carbonyl (C=O) groups excluding carboxylic acids is 4. The molecule has 2 unspecified atom stereocenters. The van der Waals surface area contributed by atoms with Crippen LogP contribution in [-0.4, -0.2) is 152 Å². The lowest BCUT2D eigenvalue weighted by molar-refractivity contribution is -0.435. The van der Waals surface area contributed by atoms with E-state index in [2.05, 4.69) is 38.2 Å². The zero-order valence-electron chi connectivity index (χ0n) is 50.7. The van der Waals surface area contributed by atoms with E-state index in [4.69, 9.17) is 0 Å². The monoisotopic (exact) mass is 1350 g/mol. The first-order valence-electron chi connectivity index (χ1n) is 29.3. The molecule has 4 aromatic heterocycles. The zero-order chi connectivity index (χ0) is 65.9. The van der Waals surface area contributed by atoms with Gasteiger partial charge >= 0.3 is 10.1 Å². The van der Waals surface area contributed by atoms with Crippen molar-refractivity contribution in [3.8, 4) is 22.3 Å². The van der Waals surface area contributed by atoms with Gasteiger partial charge in [0, 0.05) is 87.8 Å². The zero-order valence-corrected chi connectivity index (χ0v) is 55.6. The number of nitrogens with zero attached hydrogens (tertiary/aromatic N) is 4. The van der Waals surface area contributed by atoms with E-state index in [0.717, 1.165) is 27.0 Å². The third kappa shape index (κ3) is 15.0. The average Bonchev–Trinajstić information content (AvgIpc) is 1.55. The predicted octanol–water partition coefficient (Wildman–Crippen LogP) is 8.47. The number of fused-ring (bicyclic) bond motifs is 6. The SMILES string of the molecule is CCCNC(=O)c1cc(-c2cc3c(c4cc(S(=O)(=O)O)sc24)N(CCC)/C(=C/C=C/C2=[N+](CCCS(=O)(=O)O)c4c(cc(-c5cc(C(=O)NCC)nc(C(=O)NCC)c5)c5sccc45)C2(C)CCC)C3(C)CCCS(=O)(=O)O)cc(C(=O)NCCS(=O)(=O)O)n1. The number of carbonyl (C=O) groups is 4. The summed E-state index contributed by atoms with van der Waals surface area (Å²) < 4.78 is 142. The van der Waals surface area contributed by atoms with Crippen molar-refractivity contribution < 1.29 is 75.6 Å². The topological polar surface area (TPSA) is 366 Å². The summed E-state index contributed by atoms with van der Waals surface area (Å²) in [4.78, 5) is 65.2. The molecule has 6 aromatic rings. The lowest BCUT2D eigenvalue weighted by Gasteiger charge is -2.30. The molecule has 0 spiro atoms. The Morgan fingerprint density at radius 2 is 1.14 bits per heavy atom. The second-order valence-electron chi connectivity index (χ2n) is 22.4. The molecular formula is C60H73N8O16S6+. The number of aromatic nitrogens is 2.